The van der Waals surface area contributed by atoms with Gasteiger partial charge in [0.1, 0.15) is 12.3 Å². The van der Waals surface area contributed by atoms with Gasteiger partial charge in [-0.15, -0.1) is 0 Å². The van der Waals surface area contributed by atoms with Gasteiger partial charge in [0.05, 0.1) is 6.61 Å². The number of H-pyrrole nitrogens is 1. The van der Waals surface area contributed by atoms with Crippen molar-refractivity contribution in [3.63, 3.8) is 0 Å². The molecule has 0 aliphatic carbocycles. The summed E-state index contributed by atoms with van der Waals surface area (Å²) in [5, 5.41) is 16.6. The predicted octanol–water partition coefficient (Wildman–Crippen LogP) is -2.01. The van der Waals surface area contributed by atoms with Crippen LogP contribution in [0.2, 0.25) is 0 Å². The molecule has 0 amide bonds. The van der Waals surface area contributed by atoms with E-state index in [9.17, 15) is 29.0 Å². The number of ether oxygens (including phenoxy) is 1. The van der Waals surface area contributed by atoms with Gasteiger partial charge in [-0.25, -0.2) is 4.79 Å². The number of aliphatic hydroxyl groups excluding tert-OH is 1. The number of aromatic amines is 1. The number of nitrogens with one attached hydrogen (secondary N) is 1. The van der Waals surface area contributed by atoms with Gasteiger partial charge in [-0.2, -0.15) is 0 Å². The molecule has 1 aliphatic heterocycles. The highest BCUT2D eigenvalue weighted by Crippen LogP contribution is 2.58. The average molecular weight is 322 g/mol. The van der Waals surface area contributed by atoms with Crippen molar-refractivity contribution < 1.29 is 29.3 Å². The van der Waals surface area contributed by atoms with Crippen LogP contribution >= 0.6 is 7.60 Å². The van der Waals surface area contributed by atoms with E-state index in [2.05, 4.69) is 0 Å². The molecule has 118 valence electrons. The molecule has 0 aromatic carbocycles. The van der Waals surface area contributed by atoms with Crippen LogP contribution in [0.15, 0.2) is 15.8 Å². The summed E-state index contributed by atoms with van der Waals surface area (Å²) >= 11 is 0. The molecule has 0 saturated carbocycles. The van der Waals surface area contributed by atoms with Gasteiger partial charge in [0.15, 0.2) is 5.34 Å². The molecular weight excluding hydrogens is 307 g/mol. The SMILES string of the molecule is Cc1cn([C@H]2C[C@@](O)(P(=O)(O)O)[C@@H](CO)O2)c(=O)[nH]c1=O. The third-order valence-electron chi connectivity index (χ3n) is 3.44. The van der Waals surface area contributed by atoms with Crippen LogP contribution in [-0.4, -0.2) is 47.6 Å². The standard InChI is InChI=1S/C10H15N2O8P/c1-5-3-12(9(15)11-8(5)14)7-2-10(16,21(17,18)19)6(4-13)20-7/h3,6-7,13,16H,2,4H2,1H3,(H,11,14,15)(H2,17,18,19)/t6-,7-,10-/m1/s1. The molecule has 2 heterocycles. The van der Waals surface area contributed by atoms with Gasteiger partial charge in [-0.05, 0) is 6.92 Å². The van der Waals surface area contributed by atoms with Crippen LogP contribution in [-0.2, 0) is 9.30 Å². The van der Waals surface area contributed by atoms with E-state index in [4.69, 9.17) is 9.84 Å². The summed E-state index contributed by atoms with van der Waals surface area (Å²) in [4.78, 5) is 43.5. The van der Waals surface area contributed by atoms with Crippen molar-refractivity contribution in [2.24, 2.45) is 0 Å². The Kier molecular flexibility index (Phi) is 3.96. The Morgan fingerprint density at radius 2 is 2.14 bits per heavy atom. The second kappa shape index (κ2) is 5.16. The zero-order valence-electron chi connectivity index (χ0n) is 11.0. The molecule has 1 aromatic rings. The van der Waals surface area contributed by atoms with Crippen molar-refractivity contribution in [1.29, 1.82) is 0 Å². The lowest BCUT2D eigenvalue weighted by Crippen LogP contribution is -2.40. The lowest BCUT2D eigenvalue weighted by atomic mass is 10.2. The lowest BCUT2D eigenvalue weighted by molar-refractivity contribution is -0.0614. The first-order valence-corrected chi connectivity index (χ1v) is 7.58. The van der Waals surface area contributed by atoms with Crippen LogP contribution in [0.3, 0.4) is 0 Å². The molecule has 1 aliphatic rings. The van der Waals surface area contributed by atoms with Gasteiger partial charge >= 0.3 is 13.3 Å². The second-order valence-electron chi connectivity index (χ2n) is 4.87. The Morgan fingerprint density at radius 1 is 1.52 bits per heavy atom. The van der Waals surface area contributed by atoms with Crippen LogP contribution < -0.4 is 11.2 Å². The molecule has 5 N–H and O–H groups in total. The van der Waals surface area contributed by atoms with Gasteiger partial charge in [-0.3, -0.25) is 18.9 Å². The van der Waals surface area contributed by atoms with Gasteiger partial charge in [0.25, 0.3) is 5.56 Å². The summed E-state index contributed by atoms with van der Waals surface area (Å²) in [5.74, 6) is 0. The average Bonchev–Trinajstić information content (AvgIpc) is 2.71. The monoisotopic (exact) mass is 322 g/mol. The topological polar surface area (TPSA) is 162 Å². The summed E-state index contributed by atoms with van der Waals surface area (Å²) < 4.78 is 17.5. The lowest BCUT2D eigenvalue weighted by Gasteiger charge is -2.27. The van der Waals surface area contributed by atoms with Crippen molar-refractivity contribution in [3.05, 3.63) is 32.6 Å². The first-order valence-electron chi connectivity index (χ1n) is 5.96. The summed E-state index contributed by atoms with van der Waals surface area (Å²) in [6.07, 6.45) is -2.22. The summed E-state index contributed by atoms with van der Waals surface area (Å²) in [7, 11) is -5.01. The molecule has 1 saturated heterocycles. The van der Waals surface area contributed by atoms with Gasteiger partial charge < -0.3 is 24.7 Å². The first kappa shape index (κ1) is 16.1. The maximum Gasteiger partial charge on any atom is 0.359 e. The molecule has 0 unspecified atom stereocenters. The minimum atomic E-state index is -5.01. The zero-order valence-corrected chi connectivity index (χ0v) is 11.9. The molecule has 1 aromatic heterocycles. The number of aliphatic hydroxyl groups is 2. The van der Waals surface area contributed by atoms with Crippen molar-refractivity contribution >= 4 is 7.60 Å². The van der Waals surface area contributed by atoms with Crippen LogP contribution in [0.1, 0.15) is 18.2 Å². The Balaban J connectivity index is 2.46. The van der Waals surface area contributed by atoms with E-state index in [0.717, 1.165) is 10.8 Å². The quantitative estimate of drug-likeness (QED) is 0.399. The number of hydrogen-bond acceptors (Lipinski definition) is 6. The highest BCUT2D eigenvalue weighted by molar-refractivity contribution is 7.53. The van der Waals surface area contributed by atoms with Crippen LogP contribution in [0.25, 0.3) is 0 Å². The van der Waals surface area contributed by atoms with Crippen molar-refractivity contribution in [2.45, 2.75) is 31.0 Å². The van der Waals surface area contributed by atoms with Gasteiger partial charge in [0, 0.05) is 18.2 Å². The smallest absolute Gasteiger partial charge is 0.359 e. The van der Waals surface area contributed by atoms with Crippen molar-refractivity contribution in [3.8, 4) is 0 Å². The fraction of sp³-hybridized carbons (Fsp3) is 0.600. The predicted molar refractivity (Wildman–Crippen MR) is 68.7 cm³/mol. The Bertz CT molecular complexity index is 706. The van der Waals surface area contributed by atoms with E-state index in [-0.39, 0.29) is 5.56 Å². The number of nitrogens with zero attached hydrogens (tertiary/aromatic N) is 1. The Morgan fingerprint density at radius 3 is 2.62 bits per heavy atom. The largest absolute Gasteiger partial charge is 0.394 e. The first-order chi connectivity index (χ1) is 9.60. The normalized spacial score (nSPS) is 29.8. The highest BCUT2D eigenvalue weighted by Gasteiger charge is 2.59. The van der Waals surface area contributed by atoms with E-state index in [1.165, 1.54) is 6.92 Å². The fourth-order valence-electron chi connectivity index (χ4n) is 2.19. The summed E-state index contributed by atoms with van der Waals surface area (Å²) in [5.41, 5.74) is -1.26. The van der Waals surface area contributed by atoms with E-state index in [0.29, 0.717) is 0 Å². The van der Waals surface area contributed by atoms with Crippen LogP contribution in [0.5, 0.6) is 0 Å². The fourth-order valence-corrected chi connectivity index (χ4v) is 3.11. The van der Waals surface area contributed by atoms with Gasteiger partial charge in [-0.1, -0.05) is 0 Å². The van der Waals surface area contributed by atoms with E-state index in [1.54, 1.807) is 0 Å². The molecule has 3 atom stereocenters. The van der Waals surface area contributed by atoms with Crippen molar-refractivity contribution in [2.75, 3.05) is 6.61 Å². The third kappa shape index (κ3) is 2.61. The molecule has 0 spiro atoms. The second-order valence-corrected chi connectivity index (χ2v) is 6.73. The number of aryl methyl sites for hydroxylation is 1. The number of aromatic nitrogens is 2. The molecule has 10 nitrogen and oxygen atoms in total. The molecule has 11 heteroatoms. The maximum atomic E-state index is 11.7. The minimum Gasteiger partial charge on any atom is -0.394 e. The van der Waals surface area contributed by atoms with Crippen LogP contribution in [0.4, 0.5) is 0 Å². The summed E-state index contributed by atoms with van der Waals surface area (Å²) in [6.45, 7) is 0.595. The minimum absolute atomic E-state index is 0.186. The zero-order chi connectivity index (χ0) is 16.0. The van der Waals surface area contributed by atoms with E-state index in [1.807, 2.05) is 4.98 Å². The number of rotatable bonds is 3. The molecule has 21 heavy (non-hydrogen) atoms. The molecule has 0 radical (unpaired) electrons. The molecule has 2 rings (SSSR count). The van der Waals surface area contributed by atoms with Crippen LogP contribution in [0, 0.1) is 6.92 Å². The molecular formula is C10H15N2O8P. The van der Waals surface area contributed by atoms with E-state index < -0.39 is 49.5 Å². The molecule has 0 bridgehead atoms. The third-order valence-corrected chi connectivity index (χ3v) is 4.92. The highest BCUT2D eigenvalue weighted by atomic mass is 31.2. The van der Waals surface area contributed by atoms with Crippen molar-refractivity contribution in [1.82, 2.24) is 9.55 Å². The van der Waals surface area contributed by atoms with E-state index >= 15 is 0 Å². The number of hydrogen-bond donors (Lipinski definition) is 5. The molecule has 1 fully saturated rings. The summed E-state index contributed by atoms with van der Waals surface area (Å²) in [6, 6.07) is 0. The van der Waals surface area contributed by atoms with Gasteiger partial charge in [0.2, 0.25) is 0 Å². The maximum absolute atomic E-state index is 11.7. The Hall–Kier alpha value is -1.29. The Labute approximate surface area is 117 Å².